The van der Waals surface area contributed by atoms with Crippen LogP contribution in [0.2, 0.25) is 0 Å². The zero-order valence-corrected chi connectivity index (χ0v) is 17.5. The number of hydrogen-bond acceptors (Lipinski definition) is 5. The molecule has 3 aromatic rings. The summed E-state index contributed by atoms with van der Waals surface area (Å²) >= 11 is 4.46. The van der Waals surface area contributed by atoms with Crippen molar-refractivity contribution in [3.63, 3.8) is 0 Å². The number of phenols is 1. The molecule has 8 heteroatoms. The molecule has 0 aliphatic carbocycles. The van der Waals surface area contributed by atoms with Crippen LogP contribution in [0.15, 0.2) is 51.7 Å². The molecule has 3 rings (SSSR count). The van der Waals surface area contributed by atoms with Crippen molar-refractivity contribution in [2.45, 2.75) is 0 Å². The lowest BCUT2D eigenvalue weighted by molar-refractivity contribution is -0.110. The van der Waals surface area contributed by atoms with E-state index in [1.165, 1.54) is 29.1 Å². The van der Waals surface area contributed by atoms with Gasteiger partial charge in [0.1, 0.15) is 16.2 Å². The third-order valence-electron chi connectivity index (χ3n) is 3.95. The SMILES string of the molecule is COc1ccccc1NC(=O)/C=c1/s/c(=C/c2ccc(O)c(Br)c2)c(=O)n1C. The number of rotatable bonds is 4. The number of methoxy groups -OCH3 is 1. The number of amides is 1. The van der Waals surface area contributed by atoms with Crippen molar-refractivity contribution in [2.75, 3.05) is 12.4 Å². The predicted octanol–water partition coefficient (Wildman–Crippen LogP) is 2.17. The molecule has 0 aliphatic rings. The molecule has 1 amide bonds. The average Bonchev–Trinajstić information content (AvgIpc) is 2.93. The van der Waals surface area contributed by atoms with Crippen LogP contribution in [0.4, 0.5) is 5.69 Å². The van der Waals surface area contributed by atoms with E-state index >= 15 is 0 Å². The van der Waals surface area contributed by atoms with Crippen LogP contribution in [-0.2, 0) is 11.8 Å². The Balaban J connectivity index is 1.96. The zero-order chi connectivity index (χ0) is 20.3. The standard InChI is InChI=1S/C20H17BrN2O4S/c1-23-19(11-18(25)22-14-5-3-4-6-16(14)27-2)28-17(20(23)26)10-12-7-8-15(24)13(21)9-12/h3-11,24H,1-2H3,(H,22,25)/b17-10+,19-11+. The summed E-state index contributed by atoms with van der Waals surface area (Å²) in [6.45, 7) is 0. The van der Waals surface area contributed by atoms with Crippen molar-refractivity contribution in [1.82, 2.24) is 4.57 Å². The fourth-order valence-corrected chi connectivity index (χ4v) is 3.93. The van der Waals surface area contributed by atoms with Crippen LogP contribution in [0.5, 0.6) is 11.5 Å². The molecule has 28 heavy (non-hydrogen) atoms. The van der Waals surface area contributed by atoms with Crippen LogP contribution in [0.1, 0.15) is 5.56 Å². The maximum atomic E-state index is 12.5. The van der Waals surface area contributed by atoms with E-state index in [0.717, 1.165) is 5.56 Å². The Kier molecular flexibility index (Phi) is 6.01. The van der Waals surface area contributed by atoms with Gasteiger partial charge < -0.3 is 19.7 Å². The Hall–Kier alpha value is -2.84. The Labute approximate surface area is 173 Å². The topological polar surface area (TPSA) is 80.6 Å². The molecule has 0 atom stereocenters. The van der Waals surface area contributed by atoms with Crippen LogP contribution in [0.25, 0.3) is 12.2 Å². The van der Waals surface area contributed by atoms with E-state index < -0.39 is 0 Å². The Morgan fingerprint density at radius 3 is 2.75 bits per heavy atom. The Morgan fingerprint density at radius 2 is 2.04 bits per heavy atom. The van der Waals surface area contributed by atoms with Crippen molar-refractivity contribution in [2.24, 2.45) is 7.05 Å². The molecule has 1 heterocycles. The number of para-hydroxylation sites is 2. The first-order chi connectivity index (χ1) is 13.4. The molecule has 0 bridgehead atoms. The molecule has 0 saturated heterocycles. The van der Waals surface area contributed by atoms with Gasteiger partial charge in [-0.3, -0.25) is 9.59 Å². The summed E-state index contributed by atoms with van der Waals surface area (Å²) in [6, 6.07) is 12.1. The van der Waals surface area contributed by atoms with Gasteiger partial charge in [0, 0.05) is 13.1 Å². The minimum Gasteiger partial charge on any atom is -0.507 e. The first-order valence-electron chi connectivity index (χ1n) is 8.21. The lowest BCUT2D eigenvalue weighted by Crippen LogP contribution is -2.29. The number of hydrogen-bond donors (Lipinski definition) is 2. The summed E-state index contributed by atoms with van der Waals surface area (Å²) in [4.78, 5) is 24.9. The van der Waals surface area contributed by atoms with E-state index in [4.69, 9.17) is 4.74 Å². The number of anilines is 1. The average molecular weight is 461 g/mol. The highest BCUT2D eigenvalue weighted by atomic mass is 79.9. The maximum Gasteiger partial charge on any atom is 0.268 e. The quantitative estimate of drug-likeness (QED) is 0.625. The smallest absolute Gasteiger partial charge is 0.268 e. The number of aromatic nitrogens is 1. The van der Waals surface area contributed by atoms with Gasteiger partial charge in [-0.2, -0.15) is 0 Å². The summed E-state index contributed by atoms with van der Waals surface area (Å²) in [5.41, 5.74) is 1.10. The van der Waals surface area contributed by atoms with Crippen molar-refractivity contribution in [3.8, 4) is 11.5 Å². The highest BCUT2D eigenvalue weighted by Crippen LogP contribution is 2.24. The molecular weight excluding hydrogens is 444 g/mol. The van der Waals surface area contributed by atoms with E-state index in [1.54, 1.807) is 49.5 Å². The van der Waals surface area contributed by atoms with Gasteiger partial charge in [-0.1, -0.05) is 18.2 Å². The predicted molar refractivity (Wildman–Crippen MR) is 114 cm³/mol. The number of ether oxygens (including phenoxy) is 1. The minimum absolute atomic E-state index is 0.123. The Bertz CT molecular complexity index is 1210. The van der Waals surface area contributed by atoms with E-state index in [0.29, 0.717) is 25.1 Å². The molecule has 0 unspecified atom stereocenters. The van der Waals surface area contributed by atoms with Gasteiger partial charge in [-0.15, -0.1) is 11.3 Å². The van der Waals surface area contributed by atoms with Gasteiger partial charge in [-0.05, 0) is 51.8 Å². The highest BCUT2D eigenvalue weighted by molar-refractivity contribution is 9.10. The summed E-state index contributed by atoms with van der Waals surface area (Å²) < 4.78 is 8.18. The monoisotopic (exact) mass is 460 g/mol. The van der Waals surface area contributed by atoms with Gasteiger partial charge in [0.05, 0.1) is 21.8 Å². The Morgan fingerprint density at radius 1 is 1.29 bits per heavy atom. The normalized spacial score (nSPS) is 12.2. The molecule has 0 saturated carbocycles. The third kappa shape index (κ3) is 4.35. The van der Waals surface area contributed by atoms with Crippen molar-refractivity contribution >= 4 is 51.0 Å². The van der Waals surface area contributed by atoms with Crippen LogP contribution in [0.3, 0.4) is 0 Å². The third-order valence-corrected chi connectivity index (χ3v) is 5.70. The largest absolute Gasteiger partial charge is 0.507 e. The molecule has 1 aromatic heterocycles. The summed E-state index contributed by atoms with van der Waals surface area (Å²) in [5, 5.41) is 12.3. The number of carbonyl (C=O) groups excluding carboxylic acids is 1. The first kappa shape index (κ1) is 19.9. The molecule has 2 aromatic carbocycles. The molecule has 0 aliphatic heterocycles. The maximum absolute atomic E-state index is 12.5. The van der Waals surface area contributed by atoms with Crippen molar-refractivity contribution in [3.05, 3.63) is 72.0 Å². The number of nitrogens with one attached hydrogen (secondary N) is 1. The second kappa shape index (κ2) is 8.45. The molecule has 2 N–H and O–H groups in total. The number of thiazole rings is 1. The number of benzene rings is 2. The fourth-order valence-electron chi connectivity index (χ4n) is 2.50. The number of phenolic OH excluding ortho intramolecular Hbond substituents is 1. The molecule has 144 valence electrons. The van der Waals surface area contributed by atoms with Gasteiger partial charge in [-0.25, -0.2) is 0 Å². The summed E-state index contributed by atoms with van der Waals surface area (Å²) in [5.74, 6) is 0.315. The number of nitrogens with zero attached hydrogens (tertiary/aromatic N) is 1. The highest BCUT2D eigenvalue weighted by Gasteiger charge is 2.07. The van der Waals surface area contributed by atoms with E-state index in [1.807, 2.05) is 6.07 Å². The first-order valence-corrected chi connectivity index (χ1v) is 9.82. The number of aromatic hydroxyl groups is 1. The van der Waals surface area contributed by atoms with E-state index in [2.05, 4.69) is 21.2 Å². The lowest BCUT2D eigenvalue weighted by atomic mass is 10.2. The lowest BCUT2D eigenvalue weighted by Gasteiger charge is -2.07. The van der Waals surface area contributed by atoms with Crippen molar-refractivity contribution < 1.29 is 14.6 Å². The van der Waals surface area contributed by atoms with Gasteiger partial charge >= 0.3 is 0 Å². The number of halogens is 1. The van der Waals surface area contributed by atoms with E-state index in [-0.39, 0.29) is 17.2 Å². The second-order valence-electron chi connectivity index (χ2n) is 5.86. The van der Waals surface area contributed by atoms with Gasteiger partial charge in [0.2, 0.25) is 0 Å². The summed E-state index contributed by atoms with van der Waals surface area (Å²) in [6.07, 6.45) is 3.09. The summed E-state index contributed by atoms with van der Waals surface area (Å²) in [7, 11) is 3.15. The van der Waals surface area contributed by atoms with Crippen LogP contribution in [-0.4, -0.2) is 22.7 Å². The molecule has 0 radical (unpaired) electrons. The molecule has 6 nitrogen and oxygen atoms in total. The van der Waals surface area contributed by atoms with Gasteiger partial charge in [0.15, 0.2) is 0 Å². The van der Waals surface area contributed by atoms with Crippen LogP contribution >= 0.6 is 27.3 Å². The molecule has 0 fully saturated rings. The zero-order valence-electron chi connectivity index (χ0n) is 15.1. The van der Waals surface area contributed by atoms with Crippen LogP contribution in [0, 0.1) is 0 Å². The second-order valence-corrected chi connectivity index (χ2v) is 7.77. The van der Waals surface area contributed by atoms with Crippen molar-refractivity contribution in [1.29, 1.82) is 0 Å². The van der Waals surface area contributed by atoms with E-state index in [9.17, 15) is 14.7 Å². The fraction of sp³-hybridized carbons (Fsp3) is 0.100. The van der Waals surface area contributed by atoms with Crippen LogP contribution < -0.4 is 24.8 Å². The molecular formula is C20H17BrN2O4S. The minimum atomic E-state index is -0.361. The molecule has 0 spiro atoms. The number of carbonyl (C=O) groups is 1. The van der Waals surface area contributed by atoms with Gasteiger partial charge in [0.25, 0.3) is 11.5 Å².